The first kappa shape index (κ1) is 10.4. The minimum Gasteiger partial charge on any atom is -0.396 e. The Morgan fingerprint density at radius 2 is 2.07 bits per heavy atom. The molecule has 4 nitrogen and oxygen atoms in total. The van der Waals surface area contributed by atoms with Gasteiger partial charge >= 0.3 is 0 Å². The van der Waals surface area contributed by atoms with Gasteiger partial charge in [0.1, 0.15) is 0 Å². The van der Waals surface area contributed by atoms with Crippen molar-refractivity contribution in [1.82, 2.24) is 4.98 Å². The zero-order valence-electron chi connectivity index (χ0n) is 8.50. The van der Waals surface area contributed by atoms with Gasteiger partial charge in [-0.15, -0.1) is 0 Å². The minimum absolute atomic E-state index is 0.0179. The maximum Gasteiger partial charge on any atom is 0.0610 e. The molecule has 3 atom stereocenters. The molecule has 4 heteroatoms. The fraction of sp³-hybridized carbons (Fsp3) is 0.545. The largest absolute Gasteiger partial charge is 0.396 e. The molecule has 0 radical (unpaired) electrons. The van der Waals surface area contributed by atoms with Gasteiger partial charge in [-0.05, 0) is 25.0 Å². The van der Waals surface area contributed by atoms with E-state index in [2.05, 4.69) is 10.3 Å². The van der Waals surface area contributed by atoms with Gasteiger partial charge in [-0.25, -0.2) is 0 Å². The van der Waals surface area contributed by atoms with Crippen LogP contribution >= 0.6 is 0 Å². The van der Waals surface area contributed by atoms with E-state index in [1.165, 1.54) is 0 Å². The highest BCUT2D eigenvalue weighted by Crippen LogP contribution is 2.27. The number of hydrogen-bond acceptors (Lipinski definition) is 4. The number of aliphatic hydroxyl groups excluding tert-OH is 2. The zero-order valence-corrected chi connectivity index (χ0v) is 8.50. The van der Waals surface area contributed by atoms with E-state index < -0.39 is 0 Å². The number of anilines is 1. The third-order valence-corrected chi connectivity index (χ3v) is 2.94. The number of hydrogen-bond donors (Lipinski definition) is 3. The molecule has 0 spiro atoms. The first-order valence-corrected chi connectivity index (χ1v) is 5.25. The van der Waals surface area contributed by atoms with E-state index in [1.54, 1.807) is 12.4 Å². The van der Waals surface area contributed by atoms with Crippen LogP contribution in [0.1, 0.15) is 12.8 Å². The molecule has 1 aliphatic carbocycles. The molecule has 1 saturated carbocycles. The average Bonchev–Trinajstić information content (AvgIpc) is 2.60. The van der Waals surface area contributed by atoms with Crippen molar-refractivity contribution in [3.8, 4) is 0 Å². The van der Waals surface area contributed by atoms with Gasteiger partial charge < -0.3 is 15.5 Å². The van der Waals surface area contributed by atoms with Crippen molar-refractivity contribution < 1.29 is 10.2 Å². The van der Waals surface area contributed by atoms with Gasteiger partial charge in [0.05, 0.1) is 6.10 Å². The molecule has 0 amide bonds. The van der Waals surface area contributed by atoms with Crippen molar-refractivity contribution in [2.45, 2.75) is 25.0 Å². The fourth-order valence-corrected chi connectivity index (χ4v) is 2.10. The van der Waals surface area contributed by atoms with Crippen LogP contribution in [-0.4, -0.2) is 33.9 Å². The predicted octanol–water partition coefficient (Wildman–Crippen LogP) is 0.625. The van der Waals surface area contributed by atoms with E-state index in [0.29, 0.717) is 6.42 Å². The number of rotatable bonds is 3. The van der Waals surface area contributed by atoms with Crippen LogP contribution in [0.3, 0.4) is 0 Å². The molecule has 1 aliphatic rings. The van der Waals surface area contributed by atoms with Crippen molar-refractivity contribution in [2.24, 2.45) is 5.92 Å². The Hall–Kier alpha value is -1.13. The summed E-state index contributed by atoms with van der Waals surface area (Å²) in [6.07, 6.45) is 4.61. The summed E-state index contributed by atoms with van der Waals surface area (Å²) in [6.45, 7) is 0.0652. The average molecular weight is 208 g/mol. The smallest absolute Gasteiger partial charge is 0.0610 e. The van der Waals surface area contributed by atoms with E-state index >= 15 is 0 Å². The predicted molar refractivity (Wildman–Crippen MR) is 57.5 cm³/mol. The molecule has 2 rings (SSSR count). The Kier molecular flexibility index (Phi) is 3.18. The topological polar surface area (TPSA) is 65.4 Å². The molecular formula is C11H16N2O2. The highest BCUT2D eigenvalue weighted by atomic mass is 16.3. The molecule has 1 fully saturated rings. The van der Waals surface area contributed by atoms with Crippen molar-refractivity contribution in [1.29, 1.82) is 0 Å². The standard InChI is InChI=1S/C11H16N2O2/c14-7-8-5-10(6-11(8)15)13-9-1-3-12-4-2-9/h1-4,8,10-11,14-15H,5-7H2,(H,12,13)/t8-,10-,11+/m1/s1. The van der Waals surface area contributed by atoms with Crippen molar-refractivity contribution >= 4 is 5.69 Å². The molecule has 1 aromatic heterocycles. The number of aliphatic hydroxyl groups is 2. The van der Waals surface area contributed by atoms with Gasteiger partial charge in [0.25, 0.3) is 0 Å². The Morgan fingerprint density at radius 1 is 1.33 bits per heavy atom. The van der Waals surface area contributed by atoms with Gasteiger partial charge in [0.2, 0.25) is 0 Å². The third kappa shape index (κ3) is 2.46. The molecule has 0 bridgehead atoms. The Balaban J connectivity index is 1.92. The van der Waals surface area contributed by atoms with Crippen LogP contribution in [0.5, 0.6) is 0 Å². The lowest BCUT2D eigenvalue weighted by atomic mass is 10.1. The van der Waals surface area contributed by atoms with Crippen molar-refractivity contribution in [3.05, 3.63) is 24.5 Å². The second-order valence-corrected chi connectivity index (χ2v) is 4.06. The summed E-state index contributed by atoms with van der Waals surface area (Å²) in [4.78, 5) is 3.94. The van der Waals surface area contributed by atoms with Crippen LogP contribution in [0.4, 0.5) is 5.69 Å². The minimum atomic E-state index is -0.380. The molecule has 15 heavy (non-hydrogen) atoms. The molecule has 3 N–H and O–H groups in total. The van der Waals surface area contributed by atoms with E-state index in [-0.39, 0.29) is 24.7 Å². The molecule has 0 aromatic carbocycles. The number of nitrogens with one attached hydrogen (secondary N) is 1. The SMILES string of the molecule is OC[C@H]1C[C@@H](Nc2ccncc2)C[C@@H]1O. The van der Waals surface area contributed by atoms with Crippen molar-refractivity contribution in [3.63, 3.8) is 0 Å². The summed E-state index contributed by atoms with van der Waals surface area (Å²) in [5.74, 6) is 0.0179. The highest BCUT2D eigenvalue weighted by Gasteiger charge is 2.32. The summed E-state index contributed by atoms with van der Waals surface area (Å²) in [7, 11) is 0. The lowest BCUT2D eigenvalue weighted by molar-refractivity contribution is 0.0908. The van der Waals surface area contributed by atoms with E-state index in [9.17, 15) is 5.11 Å². The van der Waals surface area contributed by atoms with Gasteiger partial charge in [0, 0.05) is 36.6 Å². The zero-order chi connectivity index (χ0) is 10.7. The first-order valence-electron chi connectivity index (χ1n) is 5.25. The molecule has 0 aliphatic heterocycles. The molecule has 82 valence electrons. The maximum atomic E-state index is 9.63. The van der Waals surface area contributed by atoms with Crippen LogP contribution in [0.25, 0.3) is 0 Å². The summed E-state index contributed by atoms with van der Waals surface area (Å²) in [5, 5.41) is 22.0. The monoisotopic (exact) mass is 208 g/mol. The van der Waals surface area contributed by atoms with Gasteiger partial charge in [-0.1, -0.05) is 0 Å². The lowest BCUT2D eigenvalue weighted by Crippen LogP contribution is -2.16. The van der Waals surface area contributed by atoms with Crippen LogP contribution < -0.4 is 5.32 Å². The molecule has 1 aromatic rings. The third-order valence-electron chi connectivity index (χ3n) is 2.94. The number of aromatic nitrogens is 1. The van der Waals surface area contributed by atoms with E-state index in [0.717, 1.165) is 12.1 Å². The Bertz CT molecular complexity index is 305. The first-order chi connectivity index (χ1) is 7.29. The van der Waals surface area contributed by atoms with Crippen LogP contribution in [0, 0.1) is 5.92 Å². The maximum absolute atomic E-state index is 9.63. The molecular weight excluding hydrogens is 192 g/mol. The summed E-state index contributed by atoms with van der Waals surface area (Å²) in [5.41, 5.74) is 1.01. The highest BCUT2D eigenvalue weighted by molar-refractivity contribution is 5.42. The summed E-state index contributed by atoms with van der Waals surface area (Å²) < 4.78 is 0. The van der Waals surface area contributed by atoms with Gasteiger partial charge in [-0.3, -0.25) is 4.98 Å². The number of pyridine rings is 1. The van der Waals surface area contributed by atoms with Crippen LogP contribution in [-0.2, 0) is 0 Å². The van der Waals surface area contributed by atoms with Crippen LogP contribution in [0.2, 0.25) is 0 Å². The normalized spacial score (nSPS) is 30.4. The number of nitrogens with zero attached hydrogens (tertiary/aromatic N) is 1. The second kappa shape index (κ2) is 4.59. The summed E-state index contributed by atoms with van der Waals surface area (Å²) in [6, 6.07) is 4.05. The molecule has 0 saturated heterocycles. The second-order valence-electron chi connectivity index (χ2n) is 4.06. The quantitative estimate of drug-likeness (QED) is 0.681. The van der Waals surface area contributed by atoms with Crippen LogP contribution in [0.15, 0.2) is 24.5 Å². The fourth-order valence-electron chi connectivity index (χ4n) is 2.10. The van der Waals surface area contributed by atoms with Gasteiger partial charge in [-0.2, -0.15) is 0 Å². The van der Waals surface area contributed by atoms with Gasteiger partial charge in [0.15, 0.2) is 0 Å². The van der Waals surface area contributed by atoms with E-state index in [1.807, 2.05) is 12.1 Å². The molecule has 1 heterocycles. The van der Waals surface area contributed by atoms with Crippen molar-refractivity contribution in [2.75, 3.05) is 11.9 Å². The Morgan fingerprint density at radius 3 is 2.67 bits per heavy atom. The molecule has 0 unspecified atom stereocenters. The summed E-state index contributed by atoms with van der Waals surface area (Å²) >= 11 is 0. The Labute approximate surface area is 89.0 Å². The lowest BCUT2D eigenvalue weighted by Gasteiger charge is -2.13. The van der Waals surface area contributed by atoms with E-state index in [4.69, 9.17) is 5.11 Å².